The summed E-state index contributed by atoms with van der Waals surface area (Å²) in [4.78, 5) is 23.3. The molecule has 0 aromatic carbocycles. The van der Waals surface area contributed by atoms with Crippen LogP contribution in [0.2, 0.25) is 0 Å². The van der Waals surface area contributed by atoms with Crippen LogP contribution >= 0.6 is 0 Å². The van der Waals surface area contributed by atoms with Crippen LogP contribution in [0.1, 0.15) is 0 Å². The van der Waals surface area contributed by atoms with Gasteiger partial charge in [0.25, 0.3) is 5.56 Å². The van der Waals surface area contributed by atoms with E-state index in [-0.39, 0.29) is 5.56 Å². The van der Waals surface area contributed by atoms with Crippen molar-refractivity contribution in [2.24, 2.45) is 0 Å². The first-order valence-electron chi connectivity index (χ1n) is 4.31. The predicted molar refractivity (Wildman–Crippen MR) is 50.1 cm³/mol. The topological polar surface area (TPSA) is 72.7 Å². The van der Waals surface area contributed by atoms with Gasteiger partial charge in [-0.05, 0) is 0 Å². The molecule has 0 spiro atoms. The molecule has 1 aliphatic heterocycles. The van der Waals surface area contributed by atoms with Crippen LogP contribution in [0.4, 0.5) is 5.95 Å². The van der Waals surface area contributed by atoms with Crippen LogP contribution in [0.15, 0.2) is 17.3 Å². The standard InChI is InChI=1S/C8H7N5O/c14-7-5-3-9-4-11-6(5)13-2-1-10-8(13)12-7/h3-4H,1-2H2,(H,10,12,14). The minimum absolute atomic E-state index is 0.277. The summed E-state index contributed by atoms with van der Waals surface area (Å²) in [5.41, 5.74) is 0.376. The second kappa shape index (κ2) is 2.50. The van der Waals surface area contributed by atoms with Gasteiger partial charge in [-0.2, -0.15) is 4.98 Å². The third-order valence-corrected chi connectivity index (χ3v) is 2.26. The van der Waals surface area contributed by atoms with Crippen LogP contribution in [-0.2, 0) is 6.54 Å². The molecule has 2 aromatic rings. The summed E-state index contributed by atoms with van der Waals surface area (Å²) in [7, 11) is 0. The number of hydrogen-bond donors (Lipinski definition) is 1. The predicted octanol–water partition coefficient (Wildman–Crippen LogP) is -0.388. The van der Waals surface area contributed by atoms with E-state index in [2.05, 4.69) is 20.3 Å². The molecule has 0 aliphatic carbocycles. The monoisotopic (exact) mass is 189 g/mol. The lowest BCUT2D eigenvalue weighted by Gasteiger charge is -2.03. The average Bonchev–Trinajstić information content (AvgIpc) is 2.66. The van der Waals surface area contributed by atoms with E-state index in [0.29, 0.717) is 17.0 Å². The molecule has 6 nitrogen and oxygen atoms in total. The maximum absolute atomic E-state index is 11.5. The quantitative estimate of drug-likeness (QED) is 0.611. The van der Waals surface area contributed by atoms with Gasteiger partial charge >= 0.3 is 0 Å². The van der Waals surface area contributed by atoms with E-state index in [1.165, 1.54) is 12.5 Å². The van der Waals surface area contributed by atoms with Crippen LogP contribution < -0.4 is 10.9 Å². The summed E-state index contributed by atoms with van der Waals surface area (Å²) in [6, 6.07) is 0. The molecule has 0 saturated carbocycles. The Morgan fingerprint density at radius 3 is 3.36 bits per heavy atom. The number of fused-ring (bicyclic) bond motifs is 3. The van der Waals surface area contributed by atoms with E-state index in [4.69, 9.17) is 0 Å². The van der Waals surface area contributed by atoms with Gasteiger partial charge in [-0.1, -0.05) is 0 Å². The molecule has 6 heteroatoms. The highest BCUT2D eigenvalue weighted by molar-refractivity contribution is 5.74. The molecule has 1 N–H and O–H groups in total. The maximum Gasteiger partial charge on any atom is 0.285 e. The van der Waals surface area contributed by atoms with Gasteiger partial charge in [0.15, 0.2) is 5.65 Å². The zero-order valence-corrected chi connectivity index (χ0v) is 7.27. The van der Waals surface area contributed by atoms with E-state index in [9.17, 15) is 4.79 Å². The van der Waals surface area contributed by atoms with Crippen LogP contribution in [0, 0.1) is 0 Å². The van der Waals surface area contributed by atoms with Gasteiger partial charge < -0.3 is 5.32 Å². The van der Waals surface area contributed by atoms with E-state index < -0.39 is 0 Å². The van der Waals surface area contributed by atoms with Crippen molar-refractivity contribution >= 4 is 17.0 Å². The lowest BCUT2D eigenvalue weighted by atomic mass is 10.4. The number of nitrogens with one attached hydrogen (secondary N) is 1. The molecule has 3 heterocycles. The number of anilines is 1. The van der Waals surface area contributed by atoms with Crippen LogP contribution in [0.5, 0.6) is 0 Å². The van der Waals surface area contributed by atoms with Gasteiger partial charge in [0, 0.05) is 19.3 Å². The molecule has 0 atom stereocenters. The van der Waals surface area contributed by atoms with Gasteiger partial charge in [0.05, 0.1) is 0 Å². The van der Waals surface area contributed by atoms with Crippen molar-refractivity contribution in [3.63, 3.8) is 0 Å². The second-order valence-corrected chi connectivity index (χ2v) is 3.08. The highest BCUT2D eigenvalue weighted by atomic mass is 16.1. The van der Waals surface area contributed by atoms with Gasteiger partial charge in [-0.25, -0.2) is 9.97 Å². The van der Waals surface area contributed by atoms with Gasteiger partial charge in [0.2, 0.25) is 5.95 Å². The van der Waals surface area contributed by atoms with Crippen molar-refractivity contribution in [1.29, 1.82) is 0 Å². The normalized spacial score (nSPS) is 14.0. The van der Waals surface area contributed by atoms with Crippen molar-refractivity contribution in [2.75, 3.05) is 11.9 Å². The largest absolute Gasteiger partial charge is 0.354 e. The molecule has 0 fully saturated rings. The van der Waals surface area contributed by atoms with E-state index >= 15 is 0 Å². The molecule has 0 radical (unpaired) electrons. The molecule has 0 saturated heterocycles. The third-order valence-electron chi connectivity index (χ3n) is 2.26. The Labute approximate surface area is 78.6 Å². The Morgan fingerprint density at radius 2 is 2.43 bits per heavy atom. The van der Waals surface area contributed by atoms with Crippen molar-refractivity contribution < 1.29 is 0 Å². The van der Waals surface area contributed by atoms with E-state index in [0.717, 1.165) is 13.1 Å². The number of aromatic nitrogens is 4. The number of hydrogen-bond acceptors (Lipinski definition) is 5. The molecule has 0 unspecified atom stereocenters. The summed E-state index contributed by atoms with van der Waals surface area (Å²) in [6.07, 6.45) is 2.94. The Bertz CT molecular complexity index is 561. The first-order chi connectivity index (χ1) is 6.86. The summed E-state index contributed by atoms with van der Waals surface area (Å²) in [6.45, 7) is 1.58. The SMILES string of the molecule is O=c1nc2n(c3ncncc13)CCN2. The van der Waals surface area contributed by atoms with Crippen molar-refractivity contribution in [2.45, 2.75) is 6.54 Å². The molecule has 3 rings (SSSR count). The summed E-state index contributed by atoms with van der Waals surface area (Å²) < 4.78 is 1.89. The maximum atomic E-state index is 11.5. The minimum atomic E-state index is -0.277. The van der Waals surface area contributed by atoms with Gasteiger partial charge in [0.1, 0.15) is 11.7 Å². The third kappa shape index (κ3) is 0.847. The highest BCUT2D eigenvalue weighted by Gasteiger charge is 2.15. The second-order valence-electron chi connectivity index (χ2n) is 3.08. The summed E-state index contributed by atoms with van der Waals surface area (Å²) in [5, 5.41) is 3.50. The lowest BCUT2D eigenvalue weighted by molar-refractivity contribution is 0.809. The first-order valence-corrected chi connectivity index (χ1v) is 4.31. The fourth-order valence-electron chi connectivity index (χ4n) is 1.63. The van der Waals surface area contributed by atoms with Crippen molar-refractivity contribution in [1.82, 2.24) is 19.5 Å². The Kier molecular flexibility index (Phi) is 1.33. The fraction of sp³-hybridized carbons (Fsp3) is 0.250. The molecular weight excluding hydrogens is 182 g/mol. The molecule has 2 aromatic heterocycles. The zero-order valence-electron chi connectivity index (χ0n) is 7.27. The summed E-state index contributed by atoms with van der Waals surface area (Å²) in [5.74, 6) is 0.598. The van der Waals surface area contributed by atoms with Crippen molar-refractivity contribution in [3.05, 3.63) is 22.9 Å². The zero-order chi connectivity index (χ0) is 9.54. The Hall–Kier alpha value is -1.98. The molecule has 70 valence electrons. The minimum Gasteiger partial charge on any atom is -0.354 e. The molecule has 14 heavy (non-hydrogen) atoms. The summed E-state index contributed by atoms with van der Waals surface area (Å²) >= 11 is 0. The number of rotatable bonds is 0. The Balaban J connectivity index is 2.53. The smallest absolute Gasteiger partial charge is 0.285 e. The Morgan fingerprint density at radius 1 is 1.50 bits per heavy atom. The molecule has 0 bridgehead atoms. The van der Waals surface area contributed by atoms with Crippen LogP contribution in [-0.4, -0.2) is 26.1 Å². The fourth-order valence-corrected chi connectivity index (χ4v) is 1.63. The van der Waals surface area contributed by atoms with Crippen molar-refractivity contribution in [3.8, 4) is 0 Å². The molecule has 0 amide bonds. The van der Waals surface area contributed by atoms with E-state index in [1.54, 1.807) is 0 Å². The van der Waals surface area contributed by atoms with E-state index in [1.807, 2.05) is 4.57 Å². The highest BCUT2D eigenvalue weighted by Crippen LogP contribution is 2.14. The van der Waals surface area contributed by atoms with Gasteiger partial charge in [-0.3, -0.25) is 9.36 Å². The van der Waals surface area contributed by atoms with Crippen LogP contribution in [0.25, 0.3) is 11.0 Å². The molecule has 1 aliphatic rings. The first kappa shape index (κ1) is 7.43. The van der Waals surface area contributed by atoms with Gasteiger partial charge in [-0.15, -0.1) is 0 Å². The number of nitrogens with zero attached hydrogens (tertiary/aromatic N) is 4. The molecular formula is C8H7N5O. The average molecular weight is 189 g/mol. The lowest BCUT2D eigenvalue weighted by Crippen LogP contribution is -2.13. The van der Waals surface area contributed by atoms with Crippen LogP contribution in [0.3, 0.4) is 0 Å².